The zero-order chi connectivity index (χ0) is 19.5. The highest BCUT2D eigenvalue weighted by Crippen LogP contribution is 2.25. The molecule has 4 rings (SSSR count). The lowest BCUT2D eigenvalue weighted by Crippen LogP contribution is -2.23. The summed E-state index contributed by atoms with van der Waals surface area (Å²) in [5.74, 6) is 1.15. The van der Waals surface area contributed by atoms with Gasteiger partial charge in [0.1, 0.15) is 17.2 Å². The minimum absolute atomic E-state index is 0.233. The first-order valence-corrected chi connectivity index (χ1v) is 8.88. The van der Waals surface area contributed by atoms with Crippen LogP contribution >= 0.6 is 0 Å². The van der Waals surface area contributed by atoms with Crippen LogP contribution in [-0.4, -0.2) is 25.9 Å². The molecule has 0 aliphatic carbocycles. The molecular weight excluding hydrogens is 354 g/mol. The van der Waals surface area contributed by atoms with Crippen LogP contribution in [0.2, 0.25) is 0 Å². The van der Waals surface area contributed by atoms with E-state index < -0.39 is 0 Å². The number of benzene rings is 1. The molecule has 7 nitrogen and oxygen atoms in total. The van der Waals surface area contributed by atoms with Crippen molar-refractivity contribution in [1.82, 2.24) is 25.3 Å². The van der Waals surface area contributed by atoms with Crippen molar-refractivity contribution in [3.63, 3.8) is 0 Å². The van der Waals surface area contributed by atoms with Crippen LogP contribution < -0.4 is 5.32 Å². The Labute approximate surface area is 162 Å². The average molecular weight is 373 g/mol. The molecule has 28 heavy (non-hydrogen) atoms. The second-order valence-electron chi connectivity index (χ2n) is 6.47. The van der Waals surface area contributed by atoms with E-state index in [1.165, 1.54) is 0 Å². The number of nitrogens with zero attached hydrogens (tertiary/aromatic N) is 4. The van der Waals surface area contributed by atoms with Crippen molar-refractivity contribution in [3.05, 3.63) is 83.7 Å². The van der Waals surface area contributed by atoms with Gasteiger partial charge in [-0.05, 0) is 50.2 Å². The largest absolute Gasteiger partial charge is 0.465 e. The first-order chi connectivity index (χ1) is 13.6. The molecule has 0 aliphatic rings. The van der Waals surface area contributed by atoms with Gasteiger partial charge in [0.2, 0.25) is 0 Å². The molecule has 4 aromatic rings. The van der Waals surface area contributed by atoms with Gasteiger partial charge in [-0.1, -0.05) is 22.9 Å². The average Bonchev–Trinajstić information content (AvgIpc) is 3.34. The fourth-order valence-corrected chi connectivity index (χ4v) is 2.89. The van der Waals surface area contributed by atoms with E-state index in [4.69, 9.17) is 4.42 Å². The summed E-state index contributed by atoms with van der Waals surface area (Å²) in [5, 5.41) is 11.2. The summed E-state index contributed by atoms with van der Waals surface area (Å²) < 4.78 is 7.16. The number of carbonyl (C=O) groups is 1. The number of pyridine rings is 1. The fourth-order valence-electron chi connectivity index (χ4n) is 2.89. The Balaban J connectivity index is 1.70. The van der Waals surface area contributed by atoms with Crippen molar-refractivity contribution in [2.24, 2.45) is 0 Å². The third-order valence-electron chi connectivity index (χ3n) is 4.32. The summed E-state index contributed by atoms with van der Waals surface area (Å²) in [4.78, 5) is 17.0. The van der Waals surface area contributed by atoms with Gasteiger partial charge in [0.25, 0.3) is 5.91 Å². The molecule has 0 atom stereocenters. The molecule has 0 spiro atoms. The molecule has 3 heterocycles. The van der Waals surface area contributed by atoms with E-state index in [9.17, 15) is 4.79 Å². The van der Waals surface area contributed by atoms with Gasteiger partial charge < -0.3 is 9.73 Å². The summed E-state index contributed by atoms with van der Waals surface area (Å²) in [6.45, 7) is 4.15. The Morgan fingerprint density at radius 3 is 2.61 bits per heavy atom. The lowest BCUT2D eigenvalue weighted by Gasteiger charge is -2.08. The van der Waals surface area contributed by atoms with Crippen LogP contribution in [0.15, 0.2) is 65.3 Å². The Hall–Kier alpha value is -3.74. The van der Waals surface area contributed by atoms with Crippen LogP contribution in [0.4, 0.5) is 0 Å². The lowest BCUT2D eigenvalue weighted by atomic mass is 10.1. The third kappa shape index (κ3) is 3.55. The van der Waals surface area contributed by atoms with Gasteiger partial charge >= 0.3 is 0 Å². The Bertz CT molecular complexity index is 1100. The van der Waals surface area contributed by atoms with E-state index in [0.29, 0.717) is 11.5 Å². The van der Waals surface area contributed by atoms with Gasteiger partial charge in [0.15, 0.2) is 5.69 Å². The minimum atomic E-state index is -0.328. The van der Waals surface area contributed by atoms with Crippen molar-refractivity contribution < 1.29 is 9.21 Å². The molecule has 0 unspecified atom stereocenters. The quantitative estimate of drug-likeness (QED) is 0.579. The SMILES string of the molecule is Cc1ccc(-n2nnc(C(=O)NCc3ccc(C)o3)c2-c2cccnc2)cc1. The number of rotatable bonds is 5. The summed E-state index contributed by atoms with van der Waals surface area (Å²) in [7, 11) is 0. The molecule has 7 heteroatoms. The topological polar surface area (TPSA) is 85.8 Å². The highest BCUT2D eigenvalue weighted by atomic mass is 16.3. The maximum atomic E-state index is 12.8. The summed E-state index contributed by atoms with van der Waals surface area (Å²) in [6.07, 6.45) is 3.37. The number of nitrogens with one attached hydrogen (secondary N) is 1. The summed E-state index contributed by atoms with van der Waals surface area (Å²) in [5.41, 5.74) is 3.53. The van der Waals surface area contributed by atoms with Crippen LogP contribution in [0.3, 0.4) is 0 Å². The maximum absolute atomic E-state index is 12.8. The molecule has 0 saturated carbocycles. The molecule has 0 bridgehead atoms. The van der Waals surface area contributed by atoms with E-state index >= 15 is 0 Å². The number of carbonyl (C=O) groups excluding carboxylic acids is 1. The van der Waals surface area contributed by atoms with Crippen LogP contribution in [0, 0.1) is 13.8 Å². The van der Waals surface area contributed by atoms with Gasteiger partial charge in [-0.3, -0.25) is 9.78 Å². The van der Waals surface area contributed by atoms with Crippen molar-refractivity contribution in [2.75, 3.05) is 0 Å². The molecule has 1 amide bonds. The van der Waals surface area contributed by atoms with E-state index in [0.717, 1.165) is 22.6 Å². The monoisotopic (exact) mass is 373 g/mol. The van der Waals surface area contributed by atoms with Crippen LogP contribution in [-0.2, 0) is 6.54 Å². The molecular formula is C21H19N5O2. The van der Waals surface area contributed by atoms with Crippen molar-refractivity contribution in [3.8, 4) is 16.9 Å². The molecule has 0 fully saturated rings. The van der Waals surface area contributed by atoms with Crippen molar-refractivity contribution in [2.45, 2.75) is 20.4 Å². The van der Waals surface area contributed by atoms with Gasteiger partial charge in [-0.15, -0.1) is 5.10 Å². The number of hydrogen-bond acceptors (Lipinski definition) is 5. The Morgan fingerprint density at radius 2 is 1.93 bits per heavy atom. The predicted octanol–water partition coefficient (Wildman–Crippen LogP) is 3.47. The van der Waals surface area contributed by atoms with Gasteiger partial charge in [-0.25, -0.2) is 4.68 Å². The highest BCUT2D eigenvalue weighted by molar-refractivity contribution is 5.98. The van der Waals surface area contributed by atoms with E-state index in [2.05, 4.69) is 20.6 Å². The normalized spacial score (nSPS) is 10.8. The number of aryl methyl sites for hydroxylation is 2. The molecule has 0 radical (unpaired) electrons. The molecule has 1 aromatic carbocycles. The molecule has 0 saturated heterocycles. The molecule has 1 N–H and O–H groups in total. The Kier molecular flexibility index (Phi) is 4.72. The zero-order valence-electron chi connectivity index (χ0n) is 15.6. The maximum Gasteiger partial charge on any atom is 0.274 e. The zero-order valence-corrected chi connectivity index (χ0v) is 15.6. The van der Waals surface area contributed by atoms with Gasteiger partial charge in [-0.2, -0.15) is 0 Å². The third-order valence-corrected chi connectivity index (χ3v) is 4.32. The van der Waals surface area contributed by atoms with Gasteiger partial charge in [0, 0.05) is 18.0 Å². The second kappa shape index (κ2) is 7.48. The molecule has 3 aromatic heterocycles. The number of hydrogen-bond donors (Lipinski definition) is 1. The highest BCUT2D eigenvalue weighted by Gasteiger charge is 2.22. The minimum Gasteiger partial charge on any atom is -0.465 e. The Morgan fingerprint density at radius 1 is 1.11 bits per heavy atom. The van der Waals surface area contributed by atoms with Crippen molar-refractivity contribution >= 4 is 5.91 Å². The molecule has 0 aliphatic heterocycles. The fraction of sp³-hybridized carbons (Fsp3) is 0.143. The lowest BCUT2D eigenvalue weighted by molar-refractivity contribution is 0.0943. The predicted molar refractivity (Wildman–Crippen MR) is 104 cm³/mol. The second-order valence-corrected chi connectivity index (χ2v) is 6.47. The van der Waals surface area contributed by atoms with Crippen LogP contribution in [0.25, 0.3) is 16.9 Å². The van der Waals surface area contributed by atoms with E-state index in [-0.39, 0.29) is 18.1 Å². The summed E-state index contributed by atoms with van der Waals surface area (Å²) >= 11 is 0. The smallest absolute Gasteiger partial charge is 0.274 e. The number of aromatic nitrogens is 4. The van der Waals surface area contributed by atoms with Crippen LogP contribution in [0.5, 0.6) is 0 Å². The first-order valence-electron chi connectivity index (χ1n) is 8.88. The summed E-state index contributed by atoms with van der Waals surface area (Å²) in [6, 6.07) is 15.2. The van der Waals surface area contributed by atoms with E-state index in [1.54, 1.807) is 17.1 Å². The van der Waals surface area contributed by atoms with Gasteiger partial charge in [0.05, 0.1) is 12.2 Å². The van der Waals surface area contributed by atoms with Crippen LogP contribution in [0.1, 0.15) is 27.6 Å². The van der Waals surface area contributed by atoms with E-state index in [1.807, 2.05) is 62.4 Å². The number of amides is 1. The first kappa shape index (κ1) is 17.7. The molecule has 140 valence electrons. The standard InChI is InChI=1S/C21H19N5O2/c1-14-5-8-17(9-6-14)26-20(16-4-3-11-22-12-16)19(24-25-26)21(27)23-13-18-10-7-15(2)28-18/h3-12H,13H2,1-2H3,(H,23,27). The number of furan rings is 1. The van der Waals surface area contributed by atoms with Crippen molar-refractivity contribution in [1.29, 1.82) is 0 Å².